The summed E-state index contributed by atoms with van der Waals surface area (Å²) in [4.78, 5) is 10.4. The van der Waals surface area contributed by atoms with E-state index in [0.29, 0.717) is 18.4 Å². The molecule has 0 aromatic carbocycles. The van der Waals surface area contributed by atoms with Crippen molar-refractivity contribution in [3.05, 3.63) is 24.3 Å². The molecular formula is C10H16O3. The Morgan fingerprint density at radius 3 is 2.54 bits per heavy atom. The standard InChI is InChI=1S/C10H16O3/c1-4-10(3,13)7-5-6-8(2)9(11)12/h4,6,13H,1,5,7H2,2-3H3,(H,11,12)/b8-6-. The van der Waals surface area contributed by atoms with Crippen LogP contribution >= 0.6 is 0 Å². The van der Waals surface area contributed by atoms with Gasteiger partial charge in [0.05, 0.1) is 5.60 Å². The molecule has 13 heavy (non-hydrogen) atoms. The van der Waals surface area contributed by atoms with Crippen LogP contribution in [0.4, 0.5) is 0 Å². The molecule has 0 aromatic heterocycles. The predicted octanol–water partition coefficient (Wildman–Crippen LogP) is 1.73. The Morgan fingerprint density at radius 1 is 1.62 bits per heavy atom. The molecule has 0 radical (unpaired) electrons. The quantitative estimate of drug-likeness (QED) is 0.505. The smallest absolute Gasteiger partial charge is 0.330 e. The van der Waals surface area contributed by atoms with Gasteiger partial charge in [-0.1, -0.05) is 12.2 Å². The molecule has 2 N–H and O–H groups in total. The number of carboxylic acids is 1. The summed E-state index contributed by atoms with van der Waals surface area (Å²) in [6.45, 7) is 6.65. The lowest BCUT2D eigenvalue weighted by Gasteiger charge is -2.16. The van der Waals surface area contributed by atoms with Crippen LogP contribution in [0.1, 0.15) is 26.7 Å². The van der Waals surface area contributed by atoms with Gasteiger partial charge >= 0.3 is 5.97 Å². The molecule has 0 amide bonds. The van der Waals surface area contributed by atoms with Crippen LogP contribution in [-0.4, -0.2) is 21.8 Å². The van der Waals surface area contributed by atoms with Gasteiger partial charge < -0.3 is 10.2 Å². The summed E-state index contributed by atoms with van der Waals surface area (Å²) in [5.74, 6) is -0.918. The largest absolute Gasteiger partial charge is 0.478 e. The number of carbonyl (C=O) groups is 1. The Morgan fingerprint density at radius 2 is 2.15 bits per heavy atom. The van der Waals surface area contributed by atoms with E-state index in [1.54, 1.807) is 13.0 Å². The molecule has 1 unspecified atom stereocenters. The maximum Gasteiger partial charge on any atom is 0.330 e. The molecule has 0 aliphatic carbocycles. The first-order valence-corrected chi connectivity index (χ1v) is 4.15. The molecule has 0 fully saturated rings. The van der Waals surface area contributed by atoms with Gasteiger partial charge in [0.2, 0.25) is 0 Å². The van der Waals surface area contributed by atoms with Crippen molar-refractivity contribution in [1.82, 2.24) is 0 Å². The van der Waals surface area contributed by atoms with E-state index in [-0.39, 0.29) is 0 Å². The van der Waals surface area contributed by atoms with Gasteiger partial charge in [-0.25, -0.2) is 4.79 Å². The fourth-order valence-electron chi connectivity index (χ4n) is 0.770. The monoisotopic (exact) mass is 184 g/mol. The summed E-state index contributed by atoms with van der Waals surface area (Å²) in [7, 11) is 0. The van der Waals surface area contributed by atoms with Crippen molar-refractivity contribution in [2.75, 3.05) is 0 Å². The Kier molecular flexibility index (Phi) is 4.42. The average molecular weight is 184 g/mol. The van der Waals surface area contributed by atoms with E-state index in [4.69, 9.17) is 5.11 Å². The average Bonchev–Trinajstić information content (AvgIpc) is 2.04. The predicted molar refractivity (Wildman–Crippen MR) is 51.4 cm³/mol. The summed E-state index contributed by atoms with van der Waals surface area (Å²) >= 11 is 0. The van der Waals surface area contributed by atoms with Crippen LogP contribution in [-0.2, 0) is 4.79 Å². The van der Waals surface area contributed by atoms with E-state index in [1.807, 2.05) is 0 Å². The highest BCUT2D eigenvalue weighted by atomic mass is 16.4. The summed E-state index contributed by atoms with van der Waals surface area (Å²) < 4.78 is 0. The van der Waals surface area contributed by atoms with Crippen LogP contribution in [0, 0.1) is 0 Å². The Bertz CT molecular complexity index is 226. The van der Waals surface area contributed by atoms with Crippen molar-refractivity contribution < 1.29 is 15.0 Å². The van der Waals surface area contributed by atoms with Gasteiger partial charge in [-0.05, 0) is 26.7 Å². The highest BCUT2D eigenvalue weighted by Crippen LogP contribution is 2.13. The van der Waals surface area contributed by atoms with E-state index in [0.717, 1.165) is 0 Å². The van der Waals surface area contributed by atoms with Crippen LogP contribution in [0.5, 0.6) is 0 Å². The van der Waals surface area contributed by atoms with Gasteiger partial charge in [-0.2, -0.15) is 0 Å². The molecule has 1 atom stereocenters. The molecular weight excluding hydrogens is 168 g/mol. The molecule has 0 saturated heterocycles. The maximum absolute atomic E-state index is 10.4. The molecule has 0 heterocycles. The zero-order valence-electron chi connectivity index (χ0n) is 8.08. The van der Waals surface area contributed by atoms with Crippen LogP contribution in [0.3, 0.4) is 0 Å². The number of aliphatic carboxylic acids is 1. The molecule has 3 nitrogen and oxygen atoms in total. The maximum atomic E-state index is 10.4. The first-order valence-electron chi connectivity index (χ1n) is 4.15. The molecule has 0 rings (SSSR count). The van der Waals surface area contributed by atoms with Gasteiger partial charge in [0.1, 0.15) is 0 Å². The van der Waals surface area contributed by atoms with Gasteiger partial charge in [-0.15, -0.1) is 6.58 Å². The summed E-state index contributed by atoms with van der Waals surface area (Å²) in [5, 5.41) is 18.0. The molecule has 0 aliphatic rings. The van der Waals surface area contributed by atoms with Crippen molar-refractivity contribution in [2.24, 2.45) is 0 Å². The third-order valence-electron chi connectivity index (χ3n) is 1.88. The molecule has 0 aliphatic heterocycles. The number of hydrogen-bond acceptors (Lipinski definition) is 2. The normalized spacial score (nSPS) is 16.4. The lowest BCUT2D eigenvalue weighted by molar-refractivity contribution is -0.132. The van der Waals surface area contributed by atoms with E-state index in [9.17, 15) is 9.90 Å². The Hall–Kier alpha value is -1.09. The van der Waals surface area contributed by atoms with Crippen molar-refractivity contribution in [1.29, 1.82) is 0 Å². The first-order chi connectivity index (χ1) is 5.89. The highest BCUT2D eigenvalue weighted by molar-refractivity contribution is 5.85. The van der Waals surface area contributed by atoms with Crippen LogP contribution in [0.2, 0.25) is 0 Å². The number of carboxylic acid groups (broad SMARTS) is 1. The first kappa shape index (κ1) is 11.9. The number of allylic oxidation sites excluding steroid dienone is 1. The van der Waals surface area contributed by atoms with E-state index >= 15 is 0 Å². The van der Waals surface area contributed by atoms with Crippen molar-refractivity contribution in [3.8, 4) is 0 Å². The van der Waals surface area contributed by atoms with Crippen molar-refractivity contribution in [3.63, 3.8) is 0 Å². The summed E-state index contributed by atoms with van der Waals surface area (Å²) in [5.41, 5.74) is -0.602. The minimum Gasteiger partial charge on any atom is -0.478 e. The van der Waals surface area contributed by atoms with Gasteiger partial charge in [-0.3, -0.25) is 0 Å². The van der Waals surface area contributed by atoms with Gasteiger partial charge in [0.15, 0.2) is 0 Å². The molecule has 74 valence electrons. The van der Waals surface area contributed by atoms with E-state index in [2.05, 4.69) is 6.58 Å². The minimum atomic E-state index is -0.918. The van der Waals surface area contributed by atoms with E-state index in [1.165, 1.54) is 13.0 Å². The fourth-order valence-corrected chi connectivity index (χ4v) is 0.770. The Balaban J connectivity index is 3.99. The van der Waals surface area contributed by atoms with Crippen molar-refractivity contribution in [2.45, 2.75) is 32.3 Å². The third-order valence-corrected chi connectivity index (χ3v) is 1.88. The molecule has 3 heteroatoms. The lowest BCUT2D eigenvalue weighted by Crippen LogP contribution is -2.19. The van der Waals surface area contributed by atoms with Crippen LogP contribution in [0.15, 0.2) is 24.3 Å². The highest BCUT2D eigenvalue weighted by Gasteiger charge is 2.13. The third kappa shape index (κ3) is 5.20. The zero-order chi connectivity index (χ0) is 10.5. The van der Waals surface area contributed by atoms with E-state index < -0.39 is 11.6 Å². The SMILES string of the molecule is C=CC(C)(O)CC/C=C(/C)C(=O)O. The summed E-state index contributed by atoms with van der Waals surface area (Å²) in [6.07, 6.45) is 4.08. The molecule has 0 spiro atoms. The molecule has 0 saturated carbocycles. The van der Waals surface area contributed by atoms with Crippen LogP contribution < -0.4 is 0 Å². The second kappa shape index (κ2) is 4.82. The Labute approximate surface area is 78.4 Å². The van der Waals surface area contributed by atoms with Gasteiger partial charge in [0.25, 0.3) is 0 Å². The summed E-state index contributed by atoms with van der Waals surface area (Å²) in [6, 6.07) is 0. The number of aliphatic hydroxyl groups is 1. The second-order valence-electron chi connectivity index (χ2n) is 3.29. The van der Waals surface area contributed by atoms with Crippen LogP contribution in [0.25, 0.3) is 0 Å². The fraction of sp³-hybridized carbons (Fsp3) is 0.500. The number of rotatable bonds is 5. The molecule has 0 bridgehead atoms. The lowest BCUT2D eigenvalue weighted by atomic mass is 10.00. The zero-order valence-corrected chi connectivity index (χ0v) is 8.08. The molecule has 0 aromatic rings. The minimum absolute atomic E-state index is 0.305. The second-order valence-corrected chi connectivity index (χ2v) is 3.29. The number of hydrogen-bond donors (Lipinski definition) is 2. The topological polar surface area (TPSA) is 57.5 Å². The van der Waals surface area contributed by atoms with Gasteiger partial charge in [0, 0.05) is 5.57 Å². The van der Waals surface area contributed by atoms with Crippen molar-refractivity contribution >= 4 is 5.97 Å².